The Bertz CT molecular complexity index is 3280. The number of carbonyl (C=O) groups is 3. The molecule has 0 spiro atoms. The molecule has 2 aliphatic heterocycles. The lowest BCUT2D eigenvalue weighted by atomic mass is 9.79. The fourth-order valence-corrected chi connectivity index (χ4v) is 9.45. The Morgan fingerprint density at radius 3 is 1.70 bits per heavy atom. The van der Waals surface area contributed by atoms with E-state index in [2.05, 4.69) is 45.9 Å². The van der Waals surface area contributed by atoms with Crippen LogP contribution in [0.15, 0.2) is 101 Å². The number of anilines is 2. The monoisotopic (exact) mass is 1050 g/mol. The molecule has 0 saturated carbocycles. The minimum absolute atomic E-state index is 0.0544. The van der Waals surface area contributed by atoms with Crippen molar-refractivity contribution < 1.29 is 52.3 Å². The van der Waals surface area contributed by atoms with Crippen LogP contribution in [0.3, 0.4) is 0 Å². The van der Waals surface area contributed by atoms with Crippen LogP contribution < -0.4 is 36.5 Å². The number of rotatable bonds is 19. The lowest BCUT2D eigenvalue weighted by Crippen LogP contribution is -2.42. The van der Waals surface area contributed by atoms with Gasteiger partial charge in [0.1, 0.15) is 35.4 Å². The summed E-state index contributed by atoms with van der Waals surface area (Å²) in [5, 5.41) is 19.1. The molecule has 2 aliphatic rings. The second-order valence-electron chi connectivity index (χ2n) is 19.0. The summed E-state index contributed by atoms with van der Waals surface area (Å²) in [6, 6.07) is 24.5. The predicted octanol–water partition coefficient (Wildman–Crippen LogP) is 4.10. The van der Waals surface area contributed by atoms with Crippen LogP contribution in [0.25, 0.3) is 22.3 Å². The van der Waals surface area contributed by atoms with Crippen molar-refractivity contribution in [1.29, 1.82) is 0 Å². The summed E-state index contributed by atoms with van der Waals surface area (Å²) in [7, 11) is 4.59. The first-order valence-electron chi connectivity index (χ1n) is 24.5. The number of methoxy groups -OCH3 is 3. The molecule has 400 valence electrons. The Labute approximate surface area is 433 Å². The van der Waals surface area contributed by atoms with Gasteiger partial charge < -0.3 is 38.8 Å². The summed E-state index contributed by atoms with van der Waals surface area (Å²) < 4.78 is 56.1. The lowest BCUT2D eigenvalue weighted by Gasteiger charge is -2.37. The maximum atomic E-state index is 16.1. The molecule has 76 heavy (non-hydrogen) atoms. The Balaban J connectivity index is 1.03. The van der Waals surface area contributed by atoms with Crippen LogP contribution in [-0.2, 0) is 38.9 Å². The molecule has 3 aromatic carbocycles. The number of amides is 3. The molecule has 0 bridgehead atoms. The van der Waals surface area contributed by atoms with Crippen molar-refractivity contribution in [2.75, 3.05) is 45.1 Å². The first-order valence-corrected chi connectivity index (χ1v) is 24.5. The summed E-state index contributed by atoms with van der Waals surface area (Å²) in [5.74, 6) is -2.16. The van der Waals surface area contributed by atoms with Gasteiger partial charge in [-0.05, 0) is 41.0 Å². The Morgan fingerprint density at radius 1 is 0.724 bits per heavy atom. The van der Waals surface area contributed by atoms with Crippen LogP contribution in [0.2, 0.25) is 0 Å². The van der Waals surface area contributed by atoms with Crippen molar-refractivity contribution in [3.05, 3.63) is 129 Å². The summed E-state index contributed by atoms with van der Waals surface area (Å²) in [5.41, 5.74) is -0.721. The van der Waals surface area contributed by atoms with Crippen LogP contribution in [-0.4, -0.2) is 127 Å². The number of aromatic nitrogens is 8. The molecule has 3 amide bonds. The van der Waals surface area contributed by atoms with Gasteiger partial charge in [-0.3, -0.25) is 53.7 Å². The molecule has 8 atom stereocenters. The molecule has 4 aromatic heterocycles. The number of carbonyl (C=O) groups excluding carboxylic acids is 3. The van der Waals surface area contributed by atoms with E-state index in [0.29, 0.717) is 11.5 Å². The Hall–Kier alpha value is -7.90. The van der Waals surface area contributed by atoms with Gasteiger partial charge in [0, 0.05) is 37.8 Å². The number of hydrogen-bond acceptors (Lipinski definition) is 16. The highest BCUT2D eigenvalue weighted by atomic mass is 19.1. The molecule has 6 heterocycles. The van der Waals surface area contributed by atoms with Crippen LogP contribution in [0.5, 0.6) is 11.5 Å². The van der Waals surface area contributed by atoms with Crippen molar-refractivity contribution in [3.8, 4) is 11.5 Å². The second-order valence-corrected chi connectivity index (χ2v) is 19.0. The number of nitrogens with zero attached hydrogens (tertiary/aromatic N) is 6. The average Bonchev–Trinajstić information content (AvgIpc) is 4.21. The fraction of sp³-hybridized carbons (Fsp3) is 0.404. The van der Waals surface area contributed by atoms with Crippen LogP contribution in [0.1, 0.15) is 63.3 Å². The van der Waals surface area contributed by atoms with E-state index in [-0.39, 0.29) is 53.8 Å². The largest absolute Gasteiger partial charge is 0.497 e. The molecule has 0 unspecified atom stereocenters. The van der Waals surface area contributed by atoms with Gasteiger partial charge in [-0.2, -0.15) is 9.97 Å². The van der Waals surface area contributed by atoms with Gasteiger partial charge in [-0.25, -0.2) is 14.4 Å². The lowest BCUT2D eigenvalue weighted by molar-refractivity contribution is -0.125. The normalized spacial score (nSPS) is 21.6. The molecule has 0 aliphatic carbocycles. The number of fused-ring (bicyclic) bond motifs is 2. The zero-order valence-corrected chi connectivity index (χ0v) is 42.6. The van der Waals surface area contributed by atoms with Gasteiger partial charge in [0.05, 0.1) is 39.6 Å². The number of hydrogen-bond donors (Lipinski definition) is 6. The van der Waals surface area contributed by atoms with E-state index in [0.717, 1.165) is 27.6 Å². The number of aliphatic hydroxyl groups excluding tert-OH is 1. The molecular weight excluding hydrogens is 990 g/mol. The third kappa shape index (κ3) is 10.3. The highest BCUT2D eigenvalue weighted by molar-refractivity contribution is 5.91. The number of benzene rings is 3. The second kappa shape index (κ2) is 22.1. The summed E-state index contributed by atoms with van der Waals surface area (Å²) in [4.78, 5) is 88.1. The SMILES string of the molecule is COc1ccc(C(OC[C@H]2O[C@@H](n3cnc4c(=O)[nH]c(NC(=O)C(C)C)nc43)[C@H](OC)[C@@H]2CC(=O)NC[C@H]2O[C@@H](n3cnc4c(=O)[nH]c(NC(=O)C(C)C)nc43)[C@H](F)[C@@H]2O)(c2ccccc2)c2ccc(OC)cc2)cc1. The number of imidazole rings is 2. The molecule has 7 aromatic rings. The van der Waals surface area contributed by atoms with Crippen molar-refractivity contribution >= 4 is 51.9 Å². The standard InChI is InChI=1S/C52H58FN11O12/c1-26(2)44(67)59-50-57-42-38(46(69)61-50)55-24-63(42)48-37(53)40(66)34(75-48)22-54-36(65)21-33-35(76-49(41(33)73-7)64-25-56-39-43(64)58-51(62-47(39)70)60-45(68)27(3)4)23-74-52(28-11-9-8-10-12-28,29-13-17-31(71-5)18-14-29)30-15-19-32(72-6)20-16-30/h8-20,24-27,33-35,37,40-41,48-49,66H,21-23H2,1-7H3,(H,54,65)(H2,57,59,61,67,69)(H2,58,60,62,68,70)/t33-,34-,35-,37-,40-,41-,48-,49-/m1/s1. The number of halogens is 1. The first kappa shape index (κ1) is 52.9. The minimum Gasteiger partial charge on any atom is -0.497 e. The van der Waals surface area contributed by atoms with Gasteiger partial charge in [-0.15, -0.1) is 0 Å². The molecule has 9 rings (SSSR count). The van der Waals surface area contributed by atoms with Gasteiger partial charge in [0.25, 0.3) is 11.1 Å². The maximum absolute atomic E-state index is 16.1. The summed E-state index contributed by atoms with van der Waals surface area (Å²) >= 11 is 0. The number of ether oxygens (including phenoxy) is 6. The number of alkyl halides is 1. The number of aliphatic hydroxyl groups is 1. The smallest absolute Gasteiger partial charge is 0.280 e. The quantitative estimate of drug-likeness (QED) is 0.0622. The number of aromatic amines is 2. The van der Waals surface area contributed by atoms with Crippen LogP contribution >= 0.6 is 0 Å². The third-order valence-electron chi connectivity index (χ3n) is 13.6. The molecule has 0 radical (unpaired) electrons. The van der Waals surface area contributed by atoms with Crippen LogP contribution in [0.4, 0.5) is 16.3 Å². The van der Waals surface area contributed by atoms with Crippen molar-refractivity contribution in [3.63, 3.8) is 0 Å². The highest BCUT2D eigenvalue weighted by Gasteiger charge is 2.50. The van der Waals surface area contributed by atoms with E-state index in [1.807, 2.05) is 78.9 Å². The molecule has 2 saturated heterocycles. The van der Waals surface area contributed by atoms with E-state index < -0.39 is 95.2 Å². The zero-order valence-electron chi connectivity index (χ0n) is 42.6. The maximum Gasteiger partial charge on any atom is 0.280 e. The zero-order chi connectivity index (χ0) is 54.0. The van der Waals surface area contributed by atoms with Gasteiger partial charge in [-0.1, -0.05) is 82.3 Å². The predicted molar refractivity (Wildman–Crippen MR) is 272 cm³/mol. The Morgan fingerprint density at radius 2 is 1.21 bits per heavy atom. The summed E-state index contributed by atoms with van der Waals surface area (Å²) in [6.45, 7) is 6.15. The summed E-state index contributed by atoms with van der Waals surface area (Å²) in [6.07, 6.45) is -7.40. The highest BCUT2D eigenvalue weighted by Crippen LogP contribution is 2.45. The molecule has 23 nitrogen and oxygen atoms in total. The average molecular weight is 1050 g/mol. The van der Waals surface area contributed by atoms with Crippen molar-refractivity contribution in [2.45, 2.75) is 82.8 Å². The number of nitrogens with one attached hydrogen (secondary N) is 5. The van der Waals surface area contributed by atoms with Crippen molar-refractivity contribution in [1.82, 2.24) is 44.4 Å². The van der Waals surface area contributed by atoms with Gasteiger partial charge in [0.15, 0.2) is 41.0 Å². The topological polar surface area (TPSA) is 290 Å². The van der Waals surface area contributed by atoms with E-state index in [4.69, 9.17) is 28.4 Å². The van der Waals surface area contributed by atoms with Crippen LogP contribution in [0, 0.1) is 17.8 Å². The molecule has 24 heteroatoms. The van der Waals surface area contributed by atoms with Gasteiger partial charge in [0.2, 0.25) is 29.6 Å². The van der Waals surface area contributed by atoms with E-state index >= 15 is 4.39 Å². The van der Waals surface area contributed by atoms with Gasteiger partial charge >= 0.3 is 0 Å². The van der Waals surface area contributed by atoms with E-state index in [9.17, 15) is 29.1 Å². The Kier molecular flexibility index (Phi) is 15.4. The number of H-pyrrole nitrogens is 2. The molecular formula is C52H58FN11O12. The van der Waals surface area contributed by atoms with E-state index in [1.165, 1.54) is 18.0 Å². The molecule has 6 N–H and O–H groups in total. The first-order chi connectivity index (χ1) is 36.5. The van der Waals surface area contributed by atoms with E-state index in [1.54, 1.807) is 41.9 Å². The third-order valence-corrected chi connectivity index (χ3v) is 13.6. The minimum atomic E-state index is -2.07. The van der Waals surface area contributed by atoms with Crippen molar-refractivity contribution in [2.24, 2.45) is 17.8 Å². The fourth-order valence-electron chi connectivity index (χ4n) is 9.45. The molecule has 2 fully saturated rings.